The van der Waals surface area contributed by atoms with Crippen LogP contribution >= 0.6 is 0 Å². The number of benzene rings is 1. The molecule has 0 saturated carbocycles. The Morgan fingerprint density at radius 1 is 0.967 bits per heavy atom. The number of piperidine rings is 2. The molecule has 0 bridgehead atoms. The van der Waals surface area contributed by atoms with E-state index in [0.29, 0.717) is 18.6 Å². The molecule has 1 amide bonds. The van der Waals surface area contributed by atoms with Gasteiger partial charge in [-0.05, 0) is 49.9 Å². The van der Waals surface area contributed by atoms with Gasteiger partial charge in [0.05, 0.1) is 5.25 Å². The third-order valence-corrected chi connectivity index (χ3v) is 7.64. The smallest absolute Gasteiger partial charge is 0.530 e. The third-order valence-electron chi connectivity index (χ3n) is 5.24. The van der Waals surface area contributed by atoms with Crippen LogP contribution in [0.1, 0.15) is 25.7 Å². The van der Waals surface area contributed by atoms with E-state index in [9.17, 15) is 31.5 Å². The number of hydrogen-bond donors (Lipinski definition) is 0. The molecule has 0 aliphatic carbocycles. The van der Waals surface area contributed by atoms with Gasteiger partial charge in [-0.15, -0.1) is 13.2 Å². The Kier molecular flexibility index (Phi) is 6.65. The highest BCUT2D eigenvalue weighted by Gasteiger charge is 2.37. The van der Waals surface area contributed by atoms with Gasteiger partial charge in [-0.25, -0.2) is 12.7 Å². The van der Waals surface area contributed by atoms with Crippen LogP contribution in [0.3, 0.4) is 0 Å². The number of carbonyl (C=O) groups is 1. The maximum atomic E-state index is 12.8. The molecule has 2 fully saturated rings. The molecular weight excluding hydrogens is 429 g/mol. The van der Waals surface area contributed by atoms with E-state index >= 15 is 0 Å². The summed E-state index contributed by atoms with van der Waals surface area (Å²) in [5, 5.41) is 10.2. The molecule has 1 aromatic carbocycles. The standard InChI is InChI=1S/C18H23F3N2O6S/c19-18(20,21)29-15-3-1-13(2-4-15)28-14-5-11-23(12-6-14)30(26,27)16-7-9-22(10-8-16)17(24)25/h1-4,14,16H,5-12H2,(H,24,25)/p-1. The number of halogens is 3. The molecule has 0 unspecified atom stereocenters. The van der Waals surface area contributed by atoms with Crippen molar-refractivity contribution in [2.24, 2.45) is 0 Å². The summed E-state index contributed by atoms with van der Waals surface area (Å²) in [5.41, 5.74) is 0. The SMILES string of the molecule is O=C([O-])N1CCC(S(=O)(=O)N2CCC(Oc3ccc(OC(F)(F)F)cc3)CC2)CC1. The van der Waals surface area contributed by atoms with Crippen LogP contribution in [0.25, 0.3) is 0 Å². The average molecular weight is 451 g/mol. The summed E-state index contributed by atoms with van der Waals surface area (Å²) < 4.78 is 73.2. The van der Waals surface area contributed by atoms with E-state index in [1.807, 2.05) is 0 Å². The number of rotatable bonds is 5. The lowest BCUT2D eigenvalue weighted by Crippen LogP contribution is -2.51. The predicted molar refractivity (Wildman–Crippen MR) is 97.3 cm³/mol. The Bertz CT molecular complexity index is 830. The maximum absolute atomic E-state index is 12.8. The highest BCUT2D eigenvalue weighted by atomic mass is 32.2. The second kappa shape index (κ2) is 8.88. The predicted octanol–water partition coefficient (Wildman–Crippen LogP) is 1.57. The minimum atomic E-state index is -4.76. The largest absolute Gasteiger partial charge is 0.573 e. The topological polar surface area (TPSA) is 99.2 Å². The van der Waals surface area contributed by atoms with E-state index in [1.165, 1.54) is 16.4 Å². The molecular formula is C18H22F3N2O6S-. The van der Waals surface area contributed by atoms with Gasteiger partial charge in [0, 0.05) is 26.2 Å². The van der Waals surface area contributed by atoms with Gasteiger partial charge in [-0.3, -0.25) is 0 Å². The normalized spacial score (nSPS) is 20.2. The molecule has 12 heteroatoms. The summed E-state index contributed by atoms with van der Waals surface area (Å²) in [7, 11) is -3.54. The first-order valence-corrected chi connectivity index (χ1v) is 11.0. The Morgan fingerprint density at radius 2 is 1.50 bits per heavy atom. The lowest BCUT2D eigenvalue weighted by molar-refractivity contribution is -0.274. The van der Waals surface area contributed by atoms with Crippen molar-refractivity contribution in [1.29, 1.82) is 0 Å². The molecule has 0 atom stereocenters. The molecule has 2 heterocycles. The fourth-order valence-electron chi connectivity index (χ4n) is 3.66. The summed E-state index contributed by atoms with van der Waals surface area (Å²) in [6, 6.07) is 5.05. The van der Waals surface area contributed by atoms with Gasteiger partial charge in [0.2, 0.25) is 10.0 Å². The Morgan fingerprint density at radius 3 is 2.00 bits per heavy atom. The molecule has 0 N–H and O–H groups in total. The fraction of sp³-hybridized carbons (Fsp3) is 0.611. The molecule has 2 aliphatic heterocycles. The van der Waals surface area contributed by atoms with Gasteiger partial charge in [0.15, 0.2) is 0 Å². The summed E-state index contributed by atoms with van der Waals surface area (Å²) in [4.78, 5) is 12.0. The van der Waals surface area contributed by atoms with E-state index < -0.39 is 27.7 Å². The second-order valence-electron chi connectivity index (χ2n) is 7.23. The first kappa shape index (κ1) is 22.5. The number of likely N-dealkylation sites (tertiary alicyclic amines) is 1. The number of hydrogen-bond acceptors (Lipinski definition) is 6. The molecule has 8 nitrogen and oxygen atoms in total. The number of amides is 1. The van der Waals surface area contributed by atoms with Crippen molar-refractivity contribution in [3.8, 4) is 11.5 Å². The molecule has 30 heavy (non-hydrogen) atoms. The van der Waals surface area contributed by atoms with Crippen molar-refractivity contribution in [2.45, 2.75) is 43.4 Å². The second-order valence-corrected chi connectivity index (χ2v) is 9.45. The van der Waals surface area contributed by atoms with Crippen LogP contribution in [0.5, 0.6) is 11.5 Å². The monoisotopic (exact) mass is 451 g/mol. The molecule has 0 spiro atoms. The highest BCUT2D eigenvalue weighted by Crippen LogP contribution is 2.28. The molecule has 2 aliphatic rings. The van der Waals surface area contributed by atoms with Gasteiger partial charge in [0.25, 0.3) is 0 Å². The van der Waals surface area contributed by atoms with Crippen LogP contribution < -0.4 is 14.6 Å². The summed E-state index contributed by atoms with van der Waals surface area (Å²) in [6.07, 6.45) is -4.96. The lowest BCUT2D eigenvalue weighted by Gasteiger charge is -2.37. The van der Waals surface area contributed by atoms with Crippen molar-refractivity contribution in [3.63, 3.8) is 0 Å². The van der Waals surface area contributed by atoms with E-state index in [1.54, 1.807) is 0 Å². The first-order valence-electron chi connectivity index (χ1n) is 9.52. The van der Waals surface area contributed by atoms with Crippen molar-refractivity contribution in [2.75, 3.05) is 26.2 Å². The number of alkyl halides is 3. The zero-order chi connectivity index (χ0) is 21.9. The Balaban J connectivity index is 1.49. The van der Waals surface area contributed by atoms with Crippen LogP contribution in [0.15, 0.2) is 24.3 Å². The van der Waals surface area contributed by atoms with Crippen LogP contribution in [-0.2, 0) is 10.0 Å². The molecule has 2 saturated heterocycles. The fourth-order valence-corrected chi connectivity index (χ4v) is 5.61. The van der Waals surface area contributed by atoms with E-state index in [-0.39, 0.29) is 50.9 Å². The summed E-state index contributed by atoms with van der Waals surface area (Å²) in [5.74, 6) is 0.0287. The summed E-state index contributed by atoms with van der Waals surface area (Å²) >= 11 is 0. The number of carbonyl (C=O) groups excluding carboxylic acids is 1. The highest BCUT2D eigenvalue weighted by molar-refractivity contribution is 7.89. The van der Waals surface area contributed by atoms with Crippen molar-refractivity contribution in [3.05, 3.63) is 24.3 Å². The van der Waals surface area contributed by atoms with Gasteiger partial charge < -0.3 is 24.3 Å². The van der Waals surface area contributed by atoms with Crippen LogP contribution in [-0.4, -0.2) is 67.6 Å². The minimum Gasteiger partial charge on any atom is -0.530 e. The lowest BCUT2D eigenvalue weighted by atomic mass is 10.1. The number of carboxylic acid groups (broad SMARTS) is 1. The first-order chi connectivity index (χ1) is 14.0. The van der Waals surface area contributed by atoms with E-state index in [0.717, 1.165) is 17.0 Å². The van der Waals surface area contributed by atoms with Crippen molar-refractivity contribution < 1.29 is 41.0 Å². The molecule has 3 rings (SSSR count). The molecule has 0 radical (unpaired) electrons. The van der Waals surface area contributed by atoms with Gasteiger partial charge in [-0.1, -0.05) is 0 Å². The molecule has 1 aromatic rings. The van der Waals surface area contributed by atoms with Crippen LogP contribution in [0.4, 0.5) is 18.0 Å². The zero-order valence-electron chi connectivity index (χ0n) is 16.0. The van der Waals surface area contributed by atoms with Crippen molar-refractivity contribution in [1.82, 2.24) is 9.21 Å². The molecule has 0 aromatic heterocycles. The van der Waals surface area contributed by atoms with Crippen LogP contribution in [0.2, 0.25) is 0 Å². The van der Waals surface area contributed by atoms with E-state index in [2.05, 4.69) is 4.74 Å². The third kappa shape index (κ3) is 5.69. The maximum Gasteiger partial charge on any atom is 0.573 e. The minimum absolute atomic E-state index is 0.139. The Hall–Kier alpha value is -2.21. The number of sulfonamides is 1. The van der Waals surface area contributed by atoms with Gasteiger partial charge >= 0.3 is 6.36 Å². The van der Waals surface area contributed by atoms with Crippen molar-refractivity contribution >= 4 is 16.1 Å². The average Bonchev–Trinajstić information content (AvgIpc) is 2.69. The zero-order valence-corrected chi connectivity index (χ0v) is 16.8. The van der Waals surface area contributed by atoms with Gasteiger partial charge in [0.1, 0.15) is 23.7 Å². The Labute approximate surface area is 172 Å². The van der Waals surface area contributed by atoms with Crippen LogP contribution in [0, 0.1) is 0 Å². The number of nitrogens with zero attached hydrogens (tertiary/aromatic N) is 2. The van der Waals surface area contributed by atoms with E-state index in [4.69, 9.17) is 4.74 Å². The quantitative estimate of drug-likeness (QED) is 0.674. The molecule has 168 valence electrons. The van der Waals surface area contributed by atoms with Gasteiger partial charge in [-0.2, -0.15) is 0 Å². The number of ether oxygens (including phenoxy) is 2. The summed E-state index contributed by atoms with van der Waals surface area (Å²) in [6.45, 7) is 0.811.